The fraction of sp³-hybridized carbons (Fsp3) is 0.692. The second-order valence-corrected chi connectivity index (χ2v) is 6.56. The highest BCUT2D eigenvalue weighted by Gasteiger charge is 2.06. The first-order valence-corrected chi connectivity index (χ1v) is 7.89. The molecule has 92 valence electrons. The lowest BCUT2D eigenvalue weighted by Crippen LogP contribution is -2.28. The molecule has 0 aromatic carbocycles. The average Bonchev–Trinajstić information content (AvgIpc) is 2.68. The molecule has 0 bridgehead atoms. The number of hydrogen-bond donors (Lipinski definition) is 1. The minimum Gasteiger partial charge on any atom is -0.310 e. The molecule has 0 amide bonds. The molecule has 1 aromatic heterocycles. The van der Waals surface area contributed by atoms with Crippen LogP contribution in [-0.4, -0.2) is 6.04 Å². The molecular weight excluding hydrogens is 282 g/mol. The van der Waals surface area contributed by atoms with Crippen molar-refractivity contribution < 1.29 is 0 Å². The van der Waals surface area contributed by atoms with Crippen molar-refractivity contribution in [3.8, 4) is 0 Å². The summed E-state index contributed by atoms with van der Waals surface area (Å²) in [7, 11) is 0. The van der Waals surface area contributed by atoms with Gasteiger partial charge in [-0.15, -0.1) is 11.3 Å². The van der Waals surface area contributed by atoms with Crippen molar-refractivity contribution in [2.45, 2.75) is 58.5 Å². The Kier molecular flexibility index (Phi) is 7.33. The smallest absolute Gasteiger partial charge is 0.0701 e. The van der Waals surface area contributed by atoms with Crippen LogP contribution in [0.25, 0.3) is 0 Å². The molecule has 0 aliphatic carbocycles. The first kappa shape index (κ1) is 14.2. The molecule has 0 spiro atoms. The van der Waals surface area contributed by atoms with Crippen molar-refractivity contribution in [1.29, 1.82) is 0 Å². The normalized spacial score (nSPS) is 12.9. The Balaban J connectivity index is 2.30. The largest absolute Gasteiger partial charge is 0.310 e. The van der Waals surface area contributed by atoms with E-state index in [2.05, 4.69) is 46.5 Å². The Bertz CT molecular complexity index is 285. The Labute approximate surface area is 112 Å². The van der Waals surface area contributed by atoms with Gasteiger partial charge in [0, 0.05) is 12.6 Å². The van der Waals surface area contributed by atoms with Crippen LogP contribution < -0.4 is 5.32 Å². The van der Waals surface area contributed by atoms with Gasteiger partial charge in [-0.1, -0.05) is 33.1 Å². The van der Waals surface area contributed by atoms with Gasteiger partial charge < -0.3 is 5.32 Å². The summed E-state index contributed by atoms with van der Waals surface area (Å²) in [5, 5.41) is 5.89. The molecule has 1 rings (SSSR count). The van der Waals surface area contributed by atoms with Crippen molar-refractivity contribution in [1.82, 2.24) is 5.32 Å². The molecule has 1 heterocycles. The summed E-state index contributed by atoms with van der Waals surface area (Å²) in [5.41, 5.74) is 1.40. The average molecular weight is 304 g/mol. The van der Waals surface area contributed by atoms with Gasteiger partial charge in [0.05, 0.1) is 3.79 Å². The first-order chi connectivity index (χ1) is 7.76. The van der Waals surface area contributed by atoms with E-state index in [-0.39, 0.29) is 0 Å². The van der Waals surface area contributed by atoms with E-state index in [9.17, 15) is 0 Å². The lowest BCUT2D eigenvalue weighted by atomic mass is 10.1. The van der Waals surface area contributed by atoms with Crippen molar-refractivity contribution >= 4 is 27.3 Å². The van der Waals surface area contributed by atoms with Crippen LogP contribution in [0.1, 0.15) is 51.5 Å². The summed E-state index contributed by atoms with van der Waals surface area (Å²) in [6, 6.07) is 2.91. The van der Waals surface area contributed by atoms with Crippen molar-refractivity contribution in [2.75, 3.05) is 0 Å². The zero-order valence-electron chi connectivity index (χ0n) is 10.3. The number of hydrogen-bond acceptors (Lipinski definition) is 2. The van der Waals surface area contributed by atoms with Crippen LogP contribution in [0.15, 0.2) is 15.2 Å². The molecular formula is C13H22BrNS. The lowest BCUT2D eigenvalue weighted by molar-refractivity contribution is 0.434. The SMILES string of the molecule is CCCCC(CCC)NCc1csc(Br)c1. The molecule has 16 heavy (non-hydrogen) atoms. The Morgan fingerprint density at radius 1 is 1.31 bits per heavy atom. The summed E-state index contributed by atoms with van der Waals surface area (Å²) in [5.74, 6) is 0. The standard InChI is InChI=1S/C13H22BrNS/c1-3-5-7-12(6-4-2)15-9-11-8-13(14)16-10-11/h8,10,12,15H,3-7,9H2,1-2H3. The molecule has 1 atom stereocenters. The summed E-state index contributed by atoms with van der Waals surface area (Å²) >= 11 is 5.27. The Hall–Kier alpha value is 0.140. The number of rotatable bonds is 8. The molecule has 0 saturated carbocycles. The van der Waals surface area contributed by atoms with Gasteiger partial charge in [0.15, 0.2) is 0 Å². The number of halogens is 1. The zero-order valence-corrected chi connectivity index (χ0v) is 12.7. The van der Waals surface area contributed by atoms with Gasteiger partial charge in [-0.25, -0.2) is 0 Å². The van der Waals surface area contributed by atoms with E-state index in [0.29, 0.717) is 6.04 Å². The third-order valence-electron chi connectivity index (χ3n) is 2.76. The minimum atomic E-state index is 0.698. The van der Waals surface area contributed by atoms with Crippen LogP contribution in [0.3, 0.4) is 0 Å². The van der Waals surface area contributed by atoms with E-state index in [4.69, 9.17) is 0 Å². The third kappa shape index (κ3) is 5.46. The second kappa shape index (κ2) is 8.26. The van der Waals surface area contributed by atoms with Gasteiger partial charge in [0.1, 0.15) is 0 Å². The van der Waals surface area contributed by atoms with Crippen molar-refractivity contribution in [2.24, 2.45) is 0 Å². The van der Waals surface area contributed by atoms with E-state index in [1.807, 2.05) is 0 Å². The molecule has 0 fully saturated rings. The van der Waals surface area contributed by atoms with Crippen LogP contribution in [0.2, 0.25) is 0 Å². The molecule has 1 aromatic rings. The first-order valence-electron chi connectivity index (χ1n) is 6.22. The second-order valence-electron chi connectivity index (χ2n) is 4.27. The zero-order chi connectivity index (χ0) is 11.8. The summed E-state index contributed by atoms with van der Waals surface area (Å²) in [4.78, 5) is 0. The predicted octanol–water partition coefficient (Wildman–Crippen LogP) is 4.96. The van der Waals surface area contributed by atoms with E-state index < -0.39 is 0 Å². The van der Waals surface area contributed by atoms with Crippen molar-refractivity contribution in [3.05, 3.63) is 20.8 Å². The van der Waals surface area contributed by atoms with Gasteiger partial charge in [0.25, 0.3) is 0 Å². The van der Waals surface area contributed by atoms with E-state index >= 15 is 0 Å². The topological polar surface area (TPSA) is 12.0 Å². The summed E-state index contributed by atoms with van der Waals surface area (Å²) in [6.45, 7) is 5.54. The van der Waals surface area contributed by atoms with Gasteiger partial charge >= 0.3 is 0 Å². The maximum Gasteiger partial charge on any atom is 0.0701 e. The molecule has 0 radical (unpaired) electrons. The Morgan fingerprint density at radius 2 is 2.12 bits per heavy atom. The maximum atomic E-state index is 3.67. The van der Waals surface area contributed by atoms with Crippen LogP contribution in [-0.2, 0) is 6.54 Å². The van der Waals surface area contributed by atoms with E-state index in [1.165, 1.54) is 41.5 Å². The number of unbranched alkanes of at least 4 members (excludes halogenated alkanes) is 1. The number of thiophene rings is 1. The highest BCUT2D eigenvalue weighted by Crippen LogP contribution is 2.20. The maximum absolute atomic E-state index is 3.67. The monoisotopic (exact) mass is 303 g/mol. The third-order valence-corrected chi connectivity index (χ3v) is 4.31. The van der Waals surface area contributed by atoms with Gasteiger partial charge in [0.2, 0.25) is 0 Å². The quantitative estimate of drug-likeness (QED) is 0.716. The van der Waals surface area contributed by atoms with Crippen LogP contribution in [0.5, 0.6) is 0 Å². The highest BCUT2D eigenvalue weighted by molar-refractivity contribution is 9.11. The Morgan fingerprint density at radius 3 is 2.69 bits per heavy atom. The fourth-order valence-corrected chi connectivity index (χ4v) is 3.06. The molecule has 0 aliphatic heterocycles. The van der Waals surface area contributed by atoms with Crippen molar-refractivity contribution in [3.63, 3.8) is 0 Å². The summed E-state index contributed by atoms with van der Waals surface area (Å²) < 4.78 is 1.23. The predicted molar refractivity (Wildman–Crippen MR) is 77.1 cm³/mol. The van der Waals surface area contributed by atoms with Gasteiger partial charge in [-0.3, -0.25) is 0 Å². The molecule has 1 N–H and O–H groups in total. The number of nitrogens with one attached hydrogen (secondary N) is 1. The van der Waals surface area contributed by atoms with Crippen LogP contribution in [0, 0.1) is 0 Å². The fourth-order valence-electron chi connectivity index (χ4n) is 1.85. The van der Waals surface area contributed by atoms with E-state index in [0.717, 1.165) is 6.54 Å². The molecule has 1 unspecified atom stereocenters. The van der Waals surface area contributed by atoms with Gasteiger partial charge in [-0.05, 0) is 45.8 Å². The highest BCUT2D eigenvalue weighted by atomic mass is 79.9. The molecule has 0 aliphatic rings. The lowest BCUT2D eigenvalue weighted by Gasteiger charge is -2.17. The summed E-state index contributed by atoms with van der Waals surface area (Å²) in [6.07, 6.45) is 6.52. The minimum absolute atomic E-state index is 0.698. The molecule has 0 saturated heterocycles. The van der Waals surface area contributed by atoms with Gasteiger partial charge in [-0.2, -0.15) is 0 Å². The van der Waals surface area contributed by atoms with Crippen LogP contribution in [0.4, 0.5) is 0 Å². The molecule has 1 nitrogen and oxygen atoms in total. The molecule has 3 heteroatoms. The van der Waals surface area contributed by atoms with E-state index in [1.54, 1.807) is 11.3 Å². The van der Waals surface area contributed by atoms with Crippen LogP contribution >= 0.6 is 27.3 Å².